The Morgan fingerprint density at radius 2 is 1.61 bits per heavy atom. The molecule has 0 unspecified atom stereocenters. The van der Waals surface area contributed by atoms with E-state index in [-0.39, 0.29) is 28.6 Å². The Morgan fingerprint density at radius 3 is 2.23 bits per heavy atom. The van der Waals surface area contributed by atoms with Gasteiger partial charge in [0.15, 0.2) is 29.0 Å². The van der Waals surface area contributed by atoms with Crippen LogP contribution in [0.2, 0.25) is 0 Å². The summed E-state index contributed by atoms with van der Waals surface area (Å²) in [5.41, 5.74) is 0.512. The molecule has 3 nitrogen and oxygen atoms in total. The van der Waals surface area contributed by atoms with E-state index in [1.165, 1.54) is 23.5 Å². The summed E-state index contributed by atoms with van der Waals surface area (Å²) in [7, 11) is 0. The number of allylic oxidation sites excluding steroid dienone is 1. The van der Waals surface area contributed by atoms with E-state index in [2.05, 4.69) is 0 Å². The molecule has 2 heterocycles. The van der Waals surface area contributed by atoms with Gasteiger partial charge in [0.05, 0.1) is 11.1 Å². The second-order valence-corrected chi connectivity index (χ2v) is 7.76. The molecule has 0 aliphatic carbocycles. The summed E-state index contributed by atoms with van der Waals surface area (Å²) in [5, 5.41) is 1.88. The normalized spacial score (nSPS) is 14.2. The van der Waals surface area contributed by atoms with Crippen LogP contribution < -0.4 is 9.47 Å². The van der Waals surface area contributed by atoms with Crippen molar-refractivity contribution in [1.82, 2.24) is 0 Å². The van der Waals surface area contributed by atoms with Crippen molar-refractivity contribution in [2.75, 3.05) is 0 Å². The predicted octanol–water partition coefficient (Wildman–Crippen LogP) is 6.26. The summed E-state index contributed by atoms with van der Waals surface area (Å²) >= 11 is 1.44. The van der Waals surface area contributed by atoms with Gasteiger partial charge in [-0.1, -0.05) is 0 Å². The molecule has 3 aromatic rings. The first-order valence-corrected chi connectivity index (χ1v) is 9.83. The lowest BCUT2D eigenvalue weighted by Crippen LogP contribution is -2.10. The van der Waals surface area contributed by atoms with Crippen LogP contribution in [-0.4, -0.2) is 5.78 Å². The first-order valence-electron chi connectivity index (χ1n) is 8.95. The Labute approximate surface area is 177 Å². The fourth-order valence-electron chi connectivity index (χ4n) is 3.10. The number of Topliss-reactive ketones (excluding diaryl/α,β-unsaturated/α-hetero) is 1. The molecular formula is C22H13F5O3S. The first-order chi connectivity index (χ1) is 14.7. The van der Waals surface area contributed by atoms with Crippen LogP contribution in [0.4, 0.5) is 22.0 Å². The Hall–Kier alpha value is -3.20. The number of ketones is 1. The van der Waals surface area contributed by atoms with Crippen molar-refractivity contribution in [3.8, 4) is 11.5 Å². The van der Waals surface area contributed by atoms with E-state index in [1.54, 1.807) is 13.0 Å². The standard InChI is InChI=1S/C22H13F5O3S/c1-9-5-6-31-15(9)7-14-21(28)11-3-4-13(10(2)22(11)30-14)29-8-12-16(23)18(25)20(27)19(26)17(12)24/h3-7H,8H2,1-2H3/b14-7-. The smallest absolute Gasteiger partial charge is 0.232 e. The van der Waals surface area contributed by atoms with E-state index in [4.69, 9.17) is 9.47 Å². The average Bonchev–Trinajstić information content (AvgIpc) is 3.30. The molecule has 1 aliphatic heterocycles. The number of thiophene rings is 1. The molecule has 9 heteroatoms. The van der Waals surface area contributed by atoms with Crippen molar-refractivity contribution in [3.63, 3.8) is 0 Å². The van der Waals surface area contributed by atoms with E-state index in [0.717, 1.165) is 10.4 Å². The molecule has 0 fully saturated rings. The van der Waals surface area contributed by atoms with Crippen molar-refractivity contribution in [3.05, 3.63) is 85.6 Å². The van der Waals surface area contributed by atoms with Crippen molar-refractivity contribution in [2.45, 2.75) is 20.5 Å². The summed E-state index contributed by atoms with van der Waals surface area (Å²) in [6.07, 6.45) is 1.62. The maximum atomic E-state index is 13.9. The van der Waals surface area contributed by atoms with E-state index in [1.807, 2.05) is 18.4 Å². The molecular weight excluding hydrogens is 439 g/mol. The van der Waals surface area contributed by atoms with Crippen molar-refractivity contribution >= 4 is 23.2 Å². The molecule has 31 heavy (non-hydrogen) atoms. The van der Waals surface area contributed by atoms with Crippen LogP contribution in [0.3, 0.4) is 0 Å². The van der Waals surface area contributed by atoms with Gasteiger partial charge in [0, 0.05) is 16.5 Å². The number of fused-ring (bicyclic) bond motifs is 1. The summed E-state index contributed by atoms with van der Waals surface area (Å²) in [6, 6.07) is 4.70. The van der Waals surface area contributed by atoms with Crippen LogP contribution >= 0.6 is 11.3 Å². The van der Waals surface area contributed by atoms with Crippen LogP contribution in [0.15, 0.2) is 29.3 Å². The number of rotatable bonds is 4. The zero-order chi connectivity index (χ0) is 22.4. The Balaban J connectivity index is 1.62. The number of benzene rings is 2. The summed E-state index contributed by atoms with van der Waals surface area (Å²) < 4.78 is 78.7. The highest BCUT2D eigenvalue weighted by molar-refractivity contribution is 7.11. The minimum absolute atomic E-state index is 0.0732. The largest absolute Gasteiger partial charge is 0.488 e. The third-order valence-corrected chi connectivity index (χ3v) is 5.84. The minimum Gasteiger partial charge on any atom is -0.488 e. The zero-order valence-corrected chi connectivity index (χ0v) is 16.9. The maximum absolute atomic E-state index is 13.9. The number of ether oxygens (including phenoxy) is 2. The molecule has 0 spiro atoms. The molecule has 0 N–H and O–H groups in total. The molecule has 1 aliphatic rings. The number of hydrogen-bond acceptors (Lipinski definition) is 4. The van der Waals surface area contributed by atoms with Crippen LogP contribution in [0, 0.1) is 42.9 Å². The maximum Gasteiger partial charge on any atom is 0.232 e. The zero-order valence-electron chi connectivity index (χ0n) is 16.1. The van der Waals surface area contributed by atoms with Crippen LogP contribution in [0.1, 0.15) is 31.9 Å². The highest BCUT2D eigenvalue weighted by atomic mass is 32.1. The second kappa shape index (κ2) is 7.81. The van der Waals surface area contributed by atoms with Gasteiger partial charge >= 0.3 is 0 Å². The van der Waals surface area contributed by atoms with Gasteiger partial charge in [-0.05, 0) is 43.0 Å². The number of halogens is 5. The van der Waals surface area contributed by atoms with Crippen molar-refractivity contribution < 1.29 is 36.2 Å². The molecule has 0 atom stereocenters. The SMILES string of the molecule is Cc1ccsc1/C=C1\Oc2c(ccc(OCc3c(F)c(F)c(F)c(F)c3F)c2C)C1=O. The quantitative estimate of drug-likeness (QED) is 0.203. The van der Waals surface area contributed by atoms with E-state index in [9.17, 15) is 26.7 Å². The van der Waals surface area contributed by atoms with Crippen LogP contribution in [-0.2, 0) is 6.61 Å². The molecule has 0 saturated heterocycles. The Kier molecular flexibility index (Phi) is 5.30. The Morgan fingerprint density at radius 1 is 0.968 bits per heavy atom. The van der Waals surface area contributed by atoms with Crippen LogP contribution in [0.5, 0.6) is 11.5 Å². The van der Waals surface area contributed by atoms with E-state index >= 15 is 0 Å². The molecule has 2 aromatic carbocycles. The van der Waals surface area contributed by atoms with Gasteiger partial charge in [-0.3, -0.25) is 4.79 Å². The third kappa shape index (κ3) is 3.48. The molecule has 0 saturated carbocycles. The van der Waals surface area contributed by atoms with Gasteiger partial charge in [-0.2, -0.15) is 0 Å². The number of hydrogen-bond donors (Lipinski definition) is 0. The fraction of sp³-hybridized carbons (Fsp3) is 0.136. The van der Waals surface area contributed by atoms with Gasteiger partial charge in [-0.15, -0.1) is 11.3 Å². The second-order valence-electron chi connectivity index (χ2n) is 6.81. The van der Waals surface area contributed by atoms with Gasteiger partial charge < -0.3 is 9.47 Å². The number of carbonyl (C=O) groups is 1. The van der Waals surface area contributed by atoms with Gasteiger partial charge in [-0.25, -0.2) is 22.0 Å². The molecule has 0 bridgehead atoms. The monoisotopic (exact) mass is 452 g/mol. The van der Waals surface area contributed by atoms with E-state index in [0.29, 0.717) is 5.56 Å². The lowest BCUT2D eigenvalue weighted by Gasteiger charge is -2.13. The first kappa shape index (κ1) is 21.0. The van der Waals surface area contributed by atoms with Gasteiger partial charge in [0.1, 0.15) is 18.1 Å². The molecule has 4 rings (SSSR count). The van der Waals surface area contributed by atoms with Gasteiger partial charge in [0.25, 0.3) is 0 Å². The lowest BCUT2D eigenvalue weighted by molar-refractivity contribution is 0.101. The molecule has 0 amide bonds. The third-order valence-electron chi connectivity index (χ3n) is 4.87. The van der Waals surface area contributed by atoms with Crippen molar-refractivity contribution in [1.29, 1.82) is 0 Å². The molecule has 160 valence electrons. The fourth-order valence-corrected chi connectivity index (χ4v) is 3.95. The van der Waals surface area contributed by atoms with Crippen molar-refractivity contribution in [2.24, 2.45) is 0 Å². The van der Waals surface area contributed by atoms with Crippen LogP contribution in [0.25, 0.3) is 6.08 Å². The lowest BCUT2D eigenvalue weighted by atomic mass is 10.1. The topological polar surface area (TPSA) is 35.5 Å². The predicted molar refractivity (Wildman–Crippen MR) is 104 cm³/mol. The number of aryl methyl sites for hydroxylation is 1. The summed E-state index contributed by atoms with van der Waals surface area (Å²) in [6.45, 7) is 2.54. The highest BCUT2D eigenvalue weighted by Gasteiger charge is 2.31. The Bertz CT molecular complexity index is 1230. The minimum atomic E-state index is -2.24. The molecule has 1 aromatic heterocycles. The highest BCUT2D eigenvalue weighted by Crippen LogP contribution is 2.40. The summed E-state index contributed by atoms with van der Waals surface area (Å²) in [5.74, 6) is -10.2. The van der Waals surface area contributed by atoms with E-state index < -0.39 is 41.3 Å². The average molecular weight is 452 g/mol. The summed E-state index contributed by atoms with van der Waals surface area (Å²) in [4.78, 5) is 13.5. The number of carbonyl (C=O) groups excluding carboxylic acids is 1. The van der Waals surface area contributed by atoms with Gasteiger partial charge in [0.2, 0.25) is 11.6 Å². The molecule has 0 radical (unpaired) electrons.